The first-order chi connectivity index (χ1) is 16.3. The van der Waals surface area contributed by atoms with Gasteiger partial charge in [-0.15, -0.1) is 11.6 Å². The van der Waals surface area contributed by atoms with Crippen LogP contribution in [-0.4, -0.2) is 38.9 Å². The van der Waals surface area contributed by atoms with E-state index in [0.717, 1.165) is 48.8 Å². The van der Waals surface area contributed by atoms with E-state index in [9.17, 15) is 15.0 Å². The summed E-state index contributed by atoms with van der Waals surface area (Å²) in [5.41, 5.74) is 3.11. The molecule has 1 unspecified atom stereocenters. The fourth-order valence-corrected chi connectivity index (χ4v) is 6.52. The molecule has 0 amide bonds. The number of benzene rings is 1. The van der Waals surface area contributed by atoms with Crippen LogP contribution in [0.5, 0.6) is 0 Å². The lowest BCUT2D eigenvalue weighted by Gasteiger charge is -2.46. The third-order valence-corrected chi connectivity index (χ3v) is 8.55. The molecule has 2 saturated carbocycles. The Balaban J connectivity index is 1.74. The van der Waals surface area contributed by atoms with Crippen molar-refractivity contribution in [3.05, 3.63) is 59.2 Å². The van der Waals surface area contributed by atoms with Gasteiger partial charge in [0.1, 0.15) is 0 Å². The van der Waals surface area contributed by atoms with Crippen LogP contribution >= 0.6 is 11.6 Å². The zero-order valence-electron chi connectivity index (χ0n) is 20.6. The highest BCUT2D eigenvalue weighted by Gasteiger charge is 2.44. The van der Waals surface area contributed by atoms with Crippen LogP contribution in [0.4, 0.5) is 0 Å². The number of carboxylic acids is 1. The van der Waals surface area contributed by atoms with Crippen LogP contribution in [0.3, 0.4) is 0 Å². The Hall–Kier alpha value is -1.62. The predicted molar refractivity (Wildman–Crippen MR) is 138 cm³/mol. The molecule has 3 rings (SSSR count). The van der Waals surface area contributed by atoms with Gasteiger partial charge in [0, 0.05) is 17.2 Å². The molecule has 34 heavy (non-hydrogen) atoms. The predicted octanol–water partition coefficient (Wildman–Crippen LogP) is 6.07. The van der Waals surface area contributed by atoms with Crippen molar-refractivity contribution in [1.82, 2.24) is 0 Å². The van der Waals surface area contributed by atoms with E-state index in [-0.39, 0.29) is 29.0 Å². The molecular weight excluding hydrogens is 448 g/mol. The first kappa shape index (κ1) is 27.0. The summed E-state index contributed by atoms with van der Waals surface area (Å²) in [6.07, 6.45) is 13.3. The van der Waals surface area contributed by atoms with Crippen LogP contribution in [0.1, 0.15) is 76.3 Å². The van der Waals surface area contributed by atoms with Gasteiger partial charge < -0.3 is 15.3 Å². The number of carboxylic acid groups (broad SMARTS) is 1. The maximum absolute atomic E-state index is 11.3. The standard InChI is InChI=1S/C29H41ClO4/c1-3-7-22(28(34)29(14-4-2)15-6-16-29)11-12-23-24(25(30)19-26(23)31)18-21-9-5-8-20(17-21)10-13-27(32)33/h3,5,7-9,11,17,23-26,28,31,34H,4,6,10,12-16,18-19H2,1-2H3,(H,32,33)/b7-3-,22-11+/t23-,24-,25-,26-,28?/m1/s1. The molecule has 2 aliphatic carbocycles. The summed E-state index contributed by atoms with van der Waals surface area (Å²) in [5.74, 6) is -0.639. The van der Waals surface area contributed by atoms with Gasteiger partial charge in [-0.1, -0.05) is 62.3 Å². The highest BCUT2D eigenvalue weighted by Crippen LogP contribution is 2.50. The SMILES string of the molecule is C/C=C\C(=C/C[C@@H]1[C@@H](Cc2cccc(CCC(=O)O)c2)[C@H](Cl)C[C@H]1O)C(O)C1(CCC)CCC1. The first-order valence-corrected chi connectivity index (χ1v) is 13.4. The molecule has 5 heteroatoms. The normalized spacial score (nSPS) is 27.6. The number of halogens is 1. The van der Waals surface area contributed by atoms with Crippen LogP contribution in [0.2, 0.25) is 0 Å². The van der Waals surface area contributed by atoms with Crippen molar-refractivity contribution in [3.63, 3.8) is 0 Å². The molecule has 0 radical (unpaired) electrons. The monoisotopic (exact) mass is 488 g/mol. The van der Waals surface area contributed by atoms with Gasteiger partial charge in [0.25, 0.3) is 0 Å². The van der Waals surface area contributed by atoms with Gasteiger partial charge in [0.15, 0.2) is 0 Å². The maximum Gasteiger partial charge on any atom is 0.303 e. The number of carbonyl (C=O) groups is 1. The lowest BCUT2D eigenvalue weighted by Crippen LogP contribution is -2.42. The molecule has 1 aromatic carbocycles. The highest BCUT2D eigenvalue weighted by atomic mass is 35.5. The molecule has 3 N–H and O–H groups in total. The first-order valence-electron chi connectivity index (χ1n) is 12.9. The number of hydrogen-bond donors (Lipinski definition) is 3. The van der Waals surface area contributed by atoms with Crippen molar-refractivity contribution in [3.8, 4) is 0 Å². The van der Waals surface area contributed by atoms with E-state index < -0.39 is 18.2 Å². The number of hydrogen-bond acceptors (Lipinski definition) is 3. The fourth-order valence-electron chi connectivity index (χ4n) is 6.06. The van der Waals surface area contributed by atoms with Crippen molar-refractivity contribution in [2.24, 2.45) is 17.3 Å². The molecule has 188 valence electrons. The van der Waals surface area contributed by atoms with Gasteiger partial charge in [0.2, 0.25) is 0 Å². The number of aliphatic hydroxyl groups excluding tert-OH is 2. The maximum atomic E-state index is 11.3. The minimum atomic E-state index is -0.793. The summed E-state index contributed by atoms with van der Waals surface area (Å²) in [5, 5.41) is 31.0. The number of aliphatic carboxylic acids is 1. The highest BCUT2D eigenvalue weighted by molar-refractivity contribution is 6.21. The molecule has 2 aliphatic rings. The minimum Gasteiger partial charge on any atom is -0.481 e. The zero-order chi connectivity index (χ0) is 24.7. The molecule has 4 nitrogen and oxygen atoms in total. The molecule has 0 bridgehead atoms. The Kier molecular flexibility index (Phi) is 9.82. The van der Waals surface area contributed by atoms with Crippen molar-refractivity contribution in [2.45, 2.75) is 95.6 Å². The van der Waals surface area contributed by atoms with E-state index in [1.54, 1.807) is 0 Å². The Morgan fingerprint density at radius 1 is 1.26 bits per heavy atom. The van der Waals surface area contributed by atoms with E-state index in [2.05, 4.69) is 25.1 Å². The Bertz CT molecular complexity index is 873. The molecule has 1 aromatic rings. The molecular formula is C29H41ClO4. The molecule has 5 atom stereocenters. The van der Waals surface area contributed by atoms with Crippen LogP contribution in [-0.2, 0) is 17.6 Å². The van der Waals surface area contributed by atoms with Crippen molar-refractivity contribution in [1.29, 1.82) is 0 Å². The average molecular weight is 489 g/mol. The fraction of sp³-hybridized carbons (Fsp3) is 0.621. The van der Waals surface area contributed by atoms with Crippen LogP contribution < -0.4 is 0 Å². The Labute approximate surface area is 209 Å². The summed E-state index contributed by atoms with van der Waals surface area (Å²) in [6.45, 7) is 4.16. The van der Waals surface area contributed by atoms with Crippen molar-refractivity contribution in [2.75, 3.05) is 0 Å². The number of allylic oxidation sites excluding steroid dienone is 2. The summed E-state index contributed by atoms with van der Waals surface area (Å²) in [4.78, 5) is 10.9. The molecule has 0 aromatic heterocycles. The van der Waals surface area contributed by atoms with Crippen molar-refractivity contribution < 1.29 is 20.1 Å². The summed E-state index contributed by atoms with van der Waals surface area (Å²) in [6, 6.07) is 8.07. The average Bonchev–Trinajstić information content (AvgIpc) is 3.04. The Morgan fingerprint density at radius 3 is 2.62 bits per heavy atom. The summed E-state index contributed by atoms with van der Waals surface area (Å²) >= 11 is 6.72. The van der Waals surface area contributed by atoms with Gasteiger partial charge in [-0.2, -0.15) is 0 Å². The number of aliphatic hydroxyl groups is 2. The lowest BCUT2D eigenvalue weighted by molar-refractivity contribution is -0.136. The smallest absolute Gasteiger partial charge is 0.303 e. The molecule has 0 saturated heterocycles. The van der Waals surface area contributed by atoms with Gasteiger partial charge >= 0.3 is 5.97 Å². The zero-order valence-corrected chi connectivity index (χ0v) is 21.4. The van der Waals surface area contributed by atoms with Gasteiger partial charge in [-0.25, -0.2) is 0 Å². The Morgan fingerprint density at radius 2 is 2.00 bits per heavy atom. The van der Waals surface area contributed by atoms with Crippen LogP contribution in [0, 0.1) is 17.3 Å². The van der Waals surface area contributed by atoms with Crippen LogP contribution in [0.15, 0.2) is 48.1 Å². The van der Waals surface area contributed by atoms with Gasteiger partial charge in [-0.3, -0.25) is 4.79 Å². The van der Waals surface area contributed by atoms with Gasteiger partial charge in [0.05, 0.1) is 12.2 Å². The van der Waals surface area contributed by atoms with E-state index in [1.165, 1.54) is 6.42 Å². The number of aryl methyl sites for hydroxylation is 1. The third-order valence-electron chi connectivity index (χ3n) is 8.04. The van der Waals surface area contributed by atoms with Crippen molar-refractivity contribution >= 4 is 17.6 Å². The van der Waals surface area contributed by atoms with E-state index in [0.29, 0.717) is 19.3 Å². The molecule has 0 spiro atoms. The lowest BCUT2D eigenvalue weighted by atomic mass is 9.61. The summed E-state index contributed by atoms with van der Waals surface area (Å²) < 4.78 is 0. The topological polar surface area (TPSA) is 77.8 Å². The molecule has 0 aliphatic heterocycles. The van der Waals surface area contributed by atoms with E-state index >= 15 is 0 Å². The van der Waals surface area contributed by atoms with E-state index in [1.807, 2.05) is 31.2 Å². The quantitative estimate of drug-likeness (QED) is 0.246. The molecule has 2 fully saturated rings. The largest absolute Gasteiger partial charge is 0.481 e. The number of alkyl halides is 1. The summed E-state index contributed by atoms with van der Waals surface area (Å²) in [7, 11) is 0. The van der Waals surface area contributed by atoms with Crippen LogP contribution in [0.25, 0.3) is 0 Å². The third kappa shape index (κ3) is 6.53. The van der Waals surface area contributed by atoms with E-state index in [4.69, 9.17) is 16.7 Å². The second kappa shape index (κ2) is 12.4. The second-order valence-corrected chi connectivity index (χ2v) is 10.9. The molecule has 0 heterocycles. The number of rotatable bonds is 12. The van der Waals surface area contributed by atoms with Gasteiger partial charge in [-0.05, 0) is 80.4 Å². The minimum absolute atomic E-state index is 0.000795. The second-order valence-electron chi connectivity index (χ2n) is 10.4.